The zero-order chi connectivity index (χ0) is 13.9. The molecule has 1 heterocycles. The second-order valence-corrected chi connectivity index (χ2v) is 6.11. The van der Waals surface area contributed by atoms with E-state index < -0.39 is 0 Å². The van der Waals surface area contributed by atoms with Crippen LogP contribution in [0.25, 0.3) is 11.0 Å². The molecule has 19 heavy (non-hydrogen) atoms. The maximum atomic E-state index is 8.72. The van der Waals surface area contributed by atoms with Crippen molar-refractivity contribution < 1.29 is 5.21 Å². The number of rotatable bonds is 5. The molecule has 102 valence electrons. The SMILES string of the molecule is CC(C)(CCSc1nc2ccccc2[nH]1)C(N)=NO. The highest BCUT2D eigenvalue weighted by Crippen LogP contribution is 2.26. The number of nitrogens with zero attached hydrogens (tertiary/aromatic N) is 2. The molecule has 6 heteroatoms. The van der Waals surface area contributed by atoms with E-state index in [1.807, 2.05) is 38.1 Å². The van der Waals surface area contributed by atoms with E-state index in [0.29, 0.717) is 0 Å². The van der Waals surface area contributed by atoms with E-state index in [-0.39, 0.29) is 11.3 Å². The third-order valence-electron chi connectivity index (χ3n) is 3.13. The van der Waals surface area contributed by atoms with Crippen molar-refractivity contribution >= 4 is 28.6 Å². The normalized spacial score (nSPS) is 13.1. The Labute approximate surface area is 116 Å². The molecule has 1 aromatic heterocycles. The molecule has 4 N–H and O–H groups in total. The molecule has 0 aliphatic carbocycles. The van der Waals surface area contributed by atoms with Gasteiger partial charge in [-0.25, -0.2) is 4.98 Å². The molecule has 2 rings (SSSR count). The first kappa shape index (κ1) is 13.7. The summed E-state index contributed by atoms with van der Waals surface area (Å²) >= 11 is 1.64. The molecule has 0 radical (unpaired) electrons. The summed E-state index contributed by atoms with van der Waals surface area (Å²) < 4.78 is 0. The van der Waals surface area contributed by atoms with Gasteiger partial charge in [-0.05, 0) is 18.6 Å². The summed E-state index contributed by atoms with van der Waals surface area (Å²) in [6.07, 6.45) is 0.810. The molecule has 0 aliphatic rings. The van der Waals surface area contributed by atoms with Crippen LogP contribution in [0.15, 0.2) is 34.6 Å². The van der Waals surface area contributed by atoms with Crippen molar-refractivity contribution in [3.63, 3.8) is 0 Å². The maximum Gasteiger partial charge on any atom is 0.166 e. The second-order valence-electron chi connectivity index (χ2n) is 5.03. The number of benzene rings is 1. The van der Waals surface area contributed by atoms with Gasteiger partial charge in [0.1, 0.15) is 5.84 Å². The van der Waals surface area contributed by atoms with Crippen LogP contribution in [0, 0.1) is 5.41 Å². The van der Waals surface area contributed by atoms with Gasteiger partial charge in [0, 0.05) is 11.2 Å². The molecule has 0 atom stereocenters. The van der Waals surface area contributed by atoms with Crippen LogP contribution in [-0.2, 0) is 0 Å². The Morgan fingerprint density at radius 1 is 1.47 bits per heavy atom. The van der Waals surface area contributed by atoms with E-state index in [9.17, 15) is 0 Å². The summed E-state index contributed by atoms with van der Waals surface area (Å²) in [7, 11) is 0. The molecule has 5 nitrogen and oxygen atoms in total. The van der Waals surface area contributed by atoms with E-state index >= 15 is 0 Å². The summed E-state index contributed by atoms with van der Waals surface area (Å²) in [6.45, 7) is 3.92. The van der Waals surface area contributed by atoms with Crippen molar-refractivity contribution in [3.8, 4) is 0 Å². The average Bonchev–Trinajstić information content (AvgIpc) is 2.80. The molecule has 0 bridgehead atoms. The van der Waals surface area contributed by atoms with Gasteiger partial charge in [-0.15, -0.1) is 0 Å². The minimum absolute atomic E-state index is 0.262. The number of nitrogens with two attached hydrogens (primary N) is 1. The first-order valence-electron chi connectivity index (χ1n) is 6.08. The number of nitrogens with one attached hydrogen (secondary N) is 1. The molecular weight excluding hydrogens is 260 g/mol. The Morgan fingerprint density at radius 3 is 2.89 bits per heavy atom. The highest BCUT2D eigenvalue weighted by atomic mass is 32.2. The van der Waals surface area contributed by atoms with Crippen LogP contribution >= 0.6 is 11.8 Å². The number of amidine groups is 1. The smallest absolute Gasteiger partial charge is 0.166 e. The number of thioether (sulfide) groups is 1. The van der Waals surface area contributed by atoms with Gasteiger partial charge in [-0.2, -0.15) is 0 Å². The number of fused-ring (bicyclic) bond motifs is 1. The Kier molecular flexibility index (Phi) is 3.99. The number of aromatic nitrogens is 2. The lowest BCUT2D eigenvalue weighted by molar-refractivity contribution is 0.307. The van der Waals surface area contributed by atoms with E-state index in [1.165, 1.54) is 0 Å². The largest absolute Gasteiger partial charge is 0.409 e. The van der Waals surface area contributed by atoms with Crippen LogP contribution in [-0.4, -0.2) is 26.8 Å². The van der Waals surface area contributed by atoms with Crippen molar-refractivity contribution in [2.45, 2.75) is 25.4 Å². The van der Waals surface area contributed by atoms with Gasteiger partial charge < -0.3 is 15.9 Å². The number of aromatic amines is 1. The van der Waals surface area contributed by atoms with Crippen LogP contribution in [0.1, 0.15) is 20.3 Å². The fourth-order valence-electron chi connectivity index (χ4n) is 1.66. The number of hydrogen-bond donors (Lipinski definition) is 3. The Balaban J connectivity index is 1.96. The first-order valence-corrected chi connectivity index (χ1v) is 7.07. The van der Waals surface area contributed by atoms with Crippen molar-refractivity contribution in [3.05, 3.63) is 24.3 Å². The van der Waals surface area contributed by atoms with Gasteiger partial charge in [-0.3, -0.25) is 0 Å². The third kappa shape index (κ3) is 3.20. The van der Waals surface area contributed by atoms with Crippen molar-refractivity contribution in [2.24, 2.45) is 16.3 Å². The van der Waals surface area contributed by atoms with E-state index in [4.69, 9.17) is 10.9 Å². The molecule has 0 aliphatic heterocycles. The maximum absolute atomic E-state index is 8.72. The van der Waals surface area contributed by atoms with Crippen LogP contribution < -0.4 is 5.73 Å². The predicted molar refractivity (Wildman–Crippen MR) is 78.6 cm³/mol. The lowest BCUT2D eigenvalue weighted by atomic mass is 9.89. The third-order valence-corrected chi connectivity index (χ3v) is 4.01. The predicted octanol–water partition coefficient (Wildman–Crippen LogP) is 2.82. The molecule has 2 aromatic rings. The second kappa shape index (κ2) is 5.52. The van der Waals surface area contributed by atoms with E-state index in [0.717, 1.165) is 28.4 Å². The van der Waals surface area contributed by atoms with Crippen molar-refractivity contribution in [1.29, 1.82) is 0 Å². The summed E-state index contributed by atoms with van der Waals surface area (Å²) in [6, 6.07) is 7.94. The fraction of sp³-hybridized carbons (Fsp3) is 0.385. The molecular formula is C13H18N4OS. The van der Waals surface area contributed by atoms with Gasteiger partial charge in [0.05, 0.1) is 11.0 Å². The standard InChI is InChI=1S/C13H18N4OS/c1-13(2,11(14)17-18)7-8-19-12-15-9-5-3-4-6-10(9)16-12/h3-6,18H,7-8H2,1-2H3,(H2,14,17)(H,15,16). The highest BCUT2D eigenvalue weighted by molar-refractivity contribution is 7.99. The van der Waals surface area contributed by atoms with Crippen LogP contribution in [0.2, 0.25) is 0 Å². The summed E-state index contributed by atoms with van der Waals surface area (Å²) in [5, 5.41) is 12.7. The number of imidazole rings is 1. The van der Waals surface area contributed by atoms with Crippen LogP contribution in [0.3, 0.4) is 0 Å². The van der Waals surface area contributed by atoms with E-state index in [2.05, 4.69) is 15.1 Å². The minimum Gasteiger partial charge on any atom is -0.409 e. The van der Waals surface area contributed by atoms with Gasteiger partial charge in [0.25, 0.3) is 0 Å². The summed E-state index contributed by atoms with van der Waals surface area (Å²) in [4.78, 5) is 7.76. The van der Waals surface area contributed by atoms with E-state index in [1.54, 1.807) is 11.8 Å². The Hall–Kier alpha value is -1.69. The lowest BCUT2D eigenvalue weighted by Crippen LogP contribution is -2.32. The summed E-state index contributed by atoms with van der Waals surface area (Å²) in [5.41, 5.74) is 7.36. The van der Waals surface area contributed by atoms with Crippen molar-refractivity contribution in [1.82, 2.24) is 9.97 Å². The average molecular weight is 278 g/mol. The highest BCUT2D eigenvalue weighted by Gasteiger charge is 2.23. The number of H-pyrrole nitrogens is 1. The molecule has 0 fully saturated rings. The topological polar surface area (TPSA) is 87.3 Å². The molecule has 0 amide bonds. The quantitative estimate of drug-likeness (QED) is 0.258. The van der Waals surface area contributed by atoms with Gasteiger partial charge in [0.15, 0.2) is 5.16 Å². The van der Waals surface area contributed by atoms with Crippen molar-refractivity contribution in [2.75, 3.05) is 5.75 Å². The zero-order valence-electron chi connectivity index (χ0n) is 11.1. The van der Waals surface area contributed by atoms with Gasteiger partial charge in [-0.1, -0.05) is 42.9 Å². The molecule has 0 spiro atoms. The molecule has 0 saturated heterocycles. The summed E-state index contributed by atoms with van der Waals surface area (Å²) in [5.74, 6) is 1.11. The van der Waals surface area contributed by atoms with Gasteiger partial charge >= 0.3 is 0 Å². The number of hydrogen-bond acceptors (Lipinski definition) is 4. The Bertz CT molecular complexity index is 558. The lowest BCUT2D eigenvalue weighted by Gasteiger charge is -2.21. The molecule has 0 saturated carbocycles. The molecule has 0 unspecified atom stereocenters. The Morgan fingerprint density at radius 2 is 2.21 bits per heavy atom. The molecule has 1 aromatic carbocycles. The number of para-hydroxylation sites is 2. The monoisotopic (exact) mass is 278 g/mol. The number of oxime groups is 1. The van der Waals surface area contributed by atoms with Crippen LogP contribution in [0.4, 0.5) is 0 Å². The minimum atomic E-state index is -0.312. The fourth-order valence-corrected chi connectivity index (χ4v) is 2.81. The zero-order valence-corrected chi connectivity index (χ0v) is 11.9. The first-order chi connectivity index (χ1) is 9.03. The van der Waals surface area contributed by atoms with Crippen LogP contribution in [0.5, 0.6) is 0 Å². The van der Waals surface area contributed by atoms with Gasteiger partial charge in [0.2, 0.25) is 0 Å².